The van der Waals surface area contributed by atoms with E-state index in [0.717, 1.165) is 17.0 Å². The Bertz CT molecular complexity index is 1520. The van der Waals surface area contributed by atoms with Crippen LogP contribution in [0.15, 0.2) is 42.9 Å². The molecular weight excluding hydrogens is 582 g/mol. The highest BCUT2D eigenvalue weighted by Gasteiger charge is 2.35. The smallest absolute Gasteiger partial charge is 0.414 e. The van der Waals surface area contributed by atoms with Crippen molar-refractivity contribution in [2.45, 2.75) is 32.5 Å². The fraction of sp³-hybridized carbons (Fsp3) is 0.393. The van der Waals surface area contributed by atoms with Crippen molar-refractivity contribution in [1.82, 2.24) is 30.2 Å². The van der Waals surface area contributed by atoms with Gasteiger partial charge in [-0.15, -0.1) is 5.10 Å². The first-order valence-corrected chi connectivity index (χ1v) is 13.9. The summed E-state index contributed by atoms with van der Waals surface area (Å²) in [6, 6.07) is 4.51. The van der Waals surface area contributed by atoms with Gasteiger partial charge in [-0.3, -0.25) is 19.5 Å². The summed E-state index contributed by atoms with van der Waals surface area (Å²) in [7, 11) is 0. The van der Waals surface area contributed by atoms with E-state index in [9.17, 15) is 19.2 Å². The maximum absolute atomic E-state index is 15.3. The first-order chi connectivity index (χ1) is 21.1. The molecule has 2 fully saturated rings. The van der Waals surface area contributed by atoms with Crippen LogP contribution in [-0.2, 0) is 20.8 Å². The number of benzene rings is 1. The number of halogens is 2. The van der Waals surface area contributed by atoms with Crippen LogP contribution >= 0.6 is 0 Å². The maximum Gasteiger partial charge on any atom is 0.414 e. The topological polar surface area (TPSA) is 152 Å². The largest absolute Gasteiger partial charge is 0.461 e. The maximum atomic E-state index is 15.3. The summed E-state index contributed by atoms with van der Waals surface area (Å²) in [5.41, 5.74) is 0.0371. The number of aromatic nitrogens is 4. The van der Waals surface area contributed by atoms with Crippen molar-refractivity contribution in [2.24, 2.45) is 0 Å². The minimum atomic E-state index is -0.872. The van der Waals surface area contributed by atoms with E-state index in [-0.39, 0.29) is 68.9 Å². The number of pyridine rings is 1. The van der Waals surface area contributed by atoms with Crippen molar-refractivity contribution in [1.29, 1.82) is 0 Å². The standard InChI is InChI=1S/C28H30F2N8O6/c1-3-43-27(41)23-16-37(34-33-23)14-20-15-38(28(42)44-20)19-11-21(29)24(22(30)12-19)35-7-9-36(10-8-35)26(40)17(2)32-25(39)18-5-4-6-31-13-18/h4-6,11-13,16-17,20H,3,7-10,14-15H2,1-2H3,(H,32,39)/t17-,20-/m0/s1. The Morgan fingerprint density at radius 3 is 2.55 bits per heavy atom. The van der Waals surface area contributed by atoms with E-state index in [1.165, 1.54) is 33.1 Å². The van der Waals surface area contributed by atoms with E-state index >= 15 is 8.78 Å². The Morgan fingerprint density at radius 1 is 1.16 bits per heavy atom. The van der Waals surface area contributed by atoms with Crippen molar-refractivity contribution in [3.63, 3.8) is 0 Å². The van der Waals surface area contributed by atoms with Gasteiger partial charge in [-0.2, -0.15) is 0 Å². The fourth-order valence-electron chi connectivity index (χ4n) is 5.00. The SMILES string of the molecule is CCOC(=O)c1cn(C[C@H]2CN(c3cc(F)c(N4CCN(C(=O)[C@H](C)NC(=O)c5cccnc5)CC4)c(F)c3)C(=O)O2)nn1. The van der Waals surface area contributed by atoms with Crippen LogP contribution in [0.4, 0.5) is 25.0 Å². The number of carbonyl (C=O) groups is 4. The van der Waals surface area contributed by atoms with Crippen molar-refractivity contribution in [3.8, 4) is 0 Å². The number of nitrogens with zero attached hydrogens (tertiary/aromatic N) is 7. The molecule has 2 aliphatic rings. The molecule has 16 heteroatoms. The summed E-state index contributed by atoms with van der Waals surface area (Å²) >= 11 is 0. The fourth-order valence-corrected chi connectivity index (χ4v) is 5.00. The summed E-state index contributed by atoms with van der Waals surface area (Å²) in [4.78, 5) is 57.7. The summed E-state index contributed by atoms with van der Waals surface area (Å²) in [6.07, 6.45) is 2.78. The summed E-state index contributed by atoms with van der Waals surface area (Å²) in [5, 5.41) is 10.2. The lowest BCUT2D eigenvalue weighted by Gasteiger charge is -2.37. The monoisotopic (exact) mass is 612 g/mol. The van der Waals surface area contributed by atoms with Crippen LogP contribution in [-0.4, -0.2) is 100 Å². The zero-order chi connectivity index (χ0) is 31.4. The minimum Gasteiger partial charge on any atom is -0.461 e. The van der Waals surface area contributed by atoms with Crippen molar-refractivity contribution in [3.05, 3.63) is 65.7 Å². The molecule has 5 rings (SSSR count). The molecule has 1 N–H and O–H groups in total. The molecule has 44 heavy (non-hydrogen) atoms. The predicted molar refractivity (Wildman–Crippen MR) is 150 cm³/mol. The van der Waals surface area contributed by atoms with Gasteiger partial charge >= 0.3 is 12.1 Å². The van der Waals surface area contributed by atoms with Gasteiger partial charge in [0.05, 0.1) is 37.1 Å². The molecule has 4 heterocycles. The number of nitrogens with one attached hydrogen (secondary N) is 1. The molecule has 2 saturated heterocycles. The lowest BCUT2D eigenvalue weighted by Crippen LogP contribution is -2.54. The van der Waals surface area contributed by atoms with Crippen LogP contribution in [0, 0.1) is 11.6 Å². The number of hydrogen-bond donors (Lipinski definition) is 1. The van der Waals surface area contributed by atoms with E-state index in [0.29, 0.717) is 5.56 Å². The second kappa shape index (κ2) is 13.0. The van der Waals surface area contributed by atoms with Crippen LogP contribution in [0.2, 0.25) is 0 Å². The molecule has 0 bridgehead atoms. The molecule has 1 aromatic carbocycles. The third-order valence-electron chi connectivity index (χ3n) is 7.15. The number of anilines is 2. The number of carbonyl (C=O) groups excluding carboxylic acids is 4. The van der Waals surface area contributed by atoms with E-state index in [1.54, 1.807) is 26.0 Å². The van der Waals surface area contributed by atoms with Gasteiger partial charge in [-0.1, -0.05) is 5.21 Å². The predicted octanol–water partition coefficient (Wildman–Crippen LogP) is 1.62. The van der Waals surface area contributed by atoms with Gasteiger partial charge in [0, 0.05) is 50.7 Å². The number of amides is 3. The Balaban J connectivity index is 1.17. The number of piperazine rings is 1. The molecule has 232 valence electrons. The van der Waals surface area contributed by atoms with Gasteiger partial charge in [0.15, 0.2) is 17.3 Å². The Labute approximate surface area is 250 Å². The number of hydrogen-bond acceptors (Lipinski definition) is 10. The second-order valence-electron chi connectivity index (χ2n) is 10.2. The van der Waals surface area contributed by atoms with E-state index in [1.807, 2.05) is 0 Å². The Kier molecular flexibility index (Phi) is 8.96. The quantitative estimate of drug-likeness (QED) is 0.353. The molecule has 0 saturated carbocycles. The zero-order valence-electron chi connectivity index (χ0n) is 24.0. The minimum absolute atomic E-state index is 0.0000621. The van der Waals surface area contributed by atoms with Crippen molar-refractivity contribution < 1.29 is 37.4 Å². The number of esters is 1. The van der Waals surface area contributed by atoms with E-state index < -0.39 is 41.7 Å². The summed E-state index contributed by atoms with van der Waals surface area (Å²) in [5.74, 6) is -3.13. The molecule has 2 atom stereocenters. The molecule has 14 nitrogen and oxygen atoms in total. The lowest BCUT2D eigenvalue weighted by atomic mass is 10.1. The van der Waals surface area contributed by atoms with Crippen molar-refractivity contribution in [2.75, 3.05) is 49.1 Å². The van der Waals surface area contributed by atoms with Crippen LogP contribution in [0.25, 0.3) is 0 Å². The van der Waals surface area contributed by atoms with Gasteiger partial charge in [-0.25, -0.2) is 23.1 Å². The average Bonchev–Trinajstić information content (AvgIpc) is 3.63. The molecule has 2 aliphatic heterocycles. The van der Waals surface area contributed by atoms with E-state index in [4.69, 9.17) is 9.47 Å². The third-order valence-corrected chi connectivity index (χ3v) is 7.15. The van der Waals surface area contributed by atoms with Gasteiger partial charge in [-0.05, 0) is 26.0 Å². The Morgan fingerprint density at radius 2 is 1.89 bits per heavy atom. The highest BCUT2D eigenvalue weighted by atomic mass is 19.1. The zero-order valence-corrected chi connectivity index (χ0v) is 24.0. The Hall–Kier alpha value is -5.15. The first kappa shape index (κ1) is 30.3. The van der Waals surface area contributed by atoms with Crippen LogP contribution in [0.1, 0.15) is 34.7 Å². The molecule has 0 aliphatic carbocycles. The summed E-state index contributed by atoms with van der Waals surface area (Å²) < 4.78 is 42.1. The third kappa shape index (κ3) is 6.58. The molecular formula is C28H30F2N8O6. The highest BCUT2D eigenvalue weighted by Crippen LogP contribution is 2.32. The summed E-state index contributed by atoms with van der Waals surface area (Å²) in [6.45, 7) is 4.14. The van der Waals surface area contributed by atoms with Crippen LogP contribution < -0.4 is 15.1 Å². The van der Waals surface area contributed by atoms with Gasteiger partial charge in [0.1, 0.15) is 17.8 Å². The number of cyclic esters (lactones) is 1. The normalized spacial score (nSPS) is 17.3. The second-order valence-corrected chi connectivity index (χ2v) is 10.2. The average molecular weight is 613 g/mol. The number of ether oxygens (including phenoxy) is 2. The van der Waals surface area contributed by atoms with Gasteiger partial charge in [0.2, 0.25) is 5.91 Å². The van der Waals surface area contributed by atoms with Gasteiger partial charge < -0.3 is 24.6 Å². The van der Waals surface area contributed by atoms with Crippen LogP contribution in [0.3, 0.4) is 0 Å². The van der Waals surface area contributed by atoms with Crippen molar-refractivity contribution >= 4 is 35.3 Å². The van der Waals surface area contributed by atoms with Gasteiger partial charge in [0.25, 0.3) is 5.91 Å². The molecule has 0 radical (unpaired) electrons. The van der Waals surface area contributed by atoms with E-state index in [2.05, 4.69) is 20.6 Å². The molecule has 2 aromatic heterocycles. The molecule has 3 aromatic rings. The molecule has 3 amide bonds. The highest BCUT2D eigenvalue weighted by molar-refractivity contribution is 5.97. The lowest BCUT2D eigenvalue weighted by molar-refractivity contribution is -0.133. The van der Waals surface area contributed by atoms with Crippen LogP contribution in [0.5, 0.6) is 0 Å². The molecule has 0 spiro atoms. The molecule has 0 unspecified atom stereocenters. The number of rotatable bonds is 9. The first-order valence-electron chi connectivity index (χ1n) is 13.9.